The van der Waals surface area contributed by atoms with Gasteiger partial charge in [0, 0.05) is 12.1 Å². The van der Waals surface area contributed by atoms with Gasteiger partial charge in [-0.15, -0.1) is 0 Å². The Morgan fingerprint density at radius 3 is 2.38 bits per heavy atom. The zero-order valence-corrected chi connectivity index (χ0v) is 17.2. The van der Waals surface area contributed by atoms with E-state index < -0.39 is 0 Å². The summed E-state index contributed by atoms with van der Waals surface area (Å²) in [6.07, 6.45) is 1.63. The Balaban J connectivity index is 1.83. The molecule has 1 amide bonds. The number of nitrogens with zero attached hydrogens (tertiary/aromatic N) is 2. The first-order chi connectivity index (χ1) is 14.0. The number of aryl methyl sites for hydroxylation is 1. The first-order valence-corrected chi connectivity index (χ1v) is 9.20. The summed E-state index contributed by atoms with van der Waals surface area (Å²) in [4.78, 5) is 12.9. The van der Waals surface area contributed by atoms with Crippen molar-refractivity contribution in [1.82, 2.24) is 9.78 Å². The molecule has 0 aliphatic heterocycles. The summed E-state index contributed by atoms with van der Waals surface area (Å²) in [5.41, 5.74) is 2.64. The number of anilines is 1. The molecule has 0 fully saturated rings. The van der Waals surface area contributed by atoms with Crippen LogP contribution in [0.5, 0.6) is 17.2 Å². The first kappa shape index (κ1) is 20.3. The Kier molecular flexibility index (Phi) is 6.07. The normalized spacial score (nSPS) is 11.6. The third kappa shape index (κ3) is 4.18. The Hall–Kier alpha value is -3.48. The second kappa shape index (κ2) is 8.68. The lowest BCUT2D eigenvalue weighted by molar-refractivity contribution is -0.117. The predicted octanol–water partition coefficient (Wildman–Crippen LogP) is 3.95. The van der Waals surface area contributed by atoms with Crippen molar-refractivity contribution in [3.63, 3.8) is 0 Å². The molecule has 0 saturated carbocycles. The van der Waals surface area contributed by atoms with Gasteiger partial charge in [-0.3, -0.25) is 4.79 Å². The van der Waals surface area contributed by atoms with E-state index in [1.54, 1.807) is 50.4 Å². The standard InChI is InChI=1S/C22H25N3O4/c1-14-6-7-16(12-19(14)28-4)15(2)22(26)24-21-10-11-23-25(21)17-8-9-18(27-3)20(13-17)29-5/h6-13,15H,1-5H3,(H,24,26). The van der Waals surface area contributed by atoms with Crippen molar-refractivity contribution >= 4 is 11.7 Å². The van der Waals surface area contributed by atoms with Gasteiger partial charge in [0.25, 0.3) is 0 Å². The van der Waals surface area contributed by atoms with Gasteiger partial charge in [0.2, 0.25) is 5.91 Å². The lowest BCUT2D eigenvalue weighted by Gasteiger charge is -2.16. The van der Waals surface area contributed by atoms with Crippen LogP contribution >= 0.6 is 0 Å². The van der Waals surface area contributed by atoms with Crippen LogP contribution in [0.25, 0.3) is 5.69 Å². The van der Waals surface area contributed by atoms with Crippen LogP contribution in [0.3, 0.4) is 0 Å². The fourth-order valence-electron chi connectivity index (χ4n) is 3.05. The van der Waals surface area contributed by atoms with Gasteiger partial charge in [0.05, 0.1) is 39.1 Å². The van der Waals surface area contributed by atoms with Crippen LogP contribution in [-0.4, -0.2) is 37.0 Å². The number of ether oxygens (including phenoxy) is 3. The minimum Gasteiger partial charge on any atom is -0.496 e. The lowest BCUT2D eigenvalue weighted by Crippen LogP contribution is -2.21. The molecule has 0 aliphatic rings. The average Bonchev–Trinajstić information content (AvgIpc) is 3.21. The molecular formula is C22H25N3O4. The van der Waals surface area contributed by atoms with Gasteiger partial charge in [0.15, 0.2) is 11.5 Å². The van der Waals surface area contributed by atoms with Gasteiger partial charge >= 0.3 is 0 Å². The molecule has 7 heteroatoms. The molecule has 3 aromatic rings. The minimum absolute atomic E-state index is 0.141. The van der Waals surface area contributed by atoms with Crippen molar-refractivity contribution in [1.29, 1.82) is 0 Å². The average molecular weight is 395 g/mol. The van der Waals surface area contributed by atoms with Crippen LogP contribution in [0, 0.1) is 6.92 Å². The monoisotopic (exact) mass is 395 g/mol. The molecule has 1 unspecified atom stereocenters. The summed E-state index contributed by atoms with van der Waals surface area (Å²) >= 11 is 0. The fraction of sp³-hybridized carbons (Fsp3) is 0.273. The van der Waals surface area contributed by atoms with Gasteiger partial charge in [-0.05, 0) is 43.2 Å². The van der Waals surface area contributed by atoms with Gasteiger partial charge in [-0.1, -0.05) is 12.1 Å². The lowest BCUT2D eigenvalue weighted by atomic mass is 9.98. The Morgan fingerprint density at radius 1 is 0.966 bits per heavy atom. The zero-order valence-electron chi connectivity index (χ0n) is 17.2. The first-order valence-electron chi connectivity index (χ1n) is 9.20. The highest BCUT2D eigenvalue weighted by atomic mass is 16.5. The fourth-order valence-corrected chi connectivity index (χ4v) is 3.05. The minimum atomic E-state index is -0.363. The maximum atomic E-state index is 12.9. The van der Waals surface area contributed by atoms with Crippen LogP contribution in [0.2, 0.25) is 0 Å². The SMILES string of the molecule is COc1cc(C(C)C(=O)Nc2ccnn2-c2ccc(OC)c(OC)c2)ccc1C. The Morgan fingerprint density at radius 2 is 1.69 bits per heavy atom. The molecular weight excluding hydrogens is 370 g/mol. The van der Waals surface area contributed by atoms with Crippen molar-refractivity contribution in [2.75, 3.05) is 26.6 Å². The van der Waals surface area contributed by atoms with Crippen molar-refractivity contribution in [2.24, 2.45) is 0 Å². The highest BCUT2D eigenvalue weighted by molar-refractivity contribution is 5.95. The molecule has 0 spiro atoms. The third-order valence-electron chi connectivity index (χ3n) is 4.83. The number of methoxy groups -OCH3 is 3. The van der Waals surface area contributed by atoms with Crippen molar-refractivity contribution in [3.05, 3.63) is 59.8 Å². The molecule has 0 bridgehead atoms. The molecule has 0 aliphatic carbocycles. The van der Waals surface area contributed by atoms with Gasteiger partial charge < -0.3 is 19.5 Å². The van der Waals surface area contributed by atoms with Crippen LogP contribution in [0.4, 0.5) is 5.82 Å². The number of rotatable bonds is 7. The van der Waals surface area contributed by atoms with Gasteiger partial charge in [0.1, 0.15) is 11.6 Å². The molecule has 1 heterocycles. The van der Waals surface area contributed by atoms with E-state index >= 15 is 0 Å². The molecule has 3 rings (SSSR count). The number of carbonyl (C=O) groups excluding carboxylic acids is 1. The van der Waals surface area contributed by atoms with Gasteiger partial charge in [-0.2, -0.15) is 5.10 Å². The molecule has 2 aromatic carbocycles. The highest BCUT2D eigenvalue weighted by Crippen LogP contribution is 2.30. The van der Waals surface area contributed by atoms with E-state index in [1.807, 2.05) is 38.1 Å². The number of aromatic nitrogens is 2. The quantitative estimate of drug-likeness (QED) is 0.656. The number of amides is 1. The van der Waals surface area contributed by atoms with Crippen molar-refractivity contribution in [3.8, 4) is 22.9 Å². The smallest absolute Gasteiger partial charge is 0.232 e. The van der Waals surface area contributed by atoms with Crippen LogP contribution < -0.4 is 19.5 Å². The summed E-state index contributed by atoms with van der Waals surface area (Å²) in [5.74, 6) is 2.02. The second-order valence-electron chi connectivity index (χ2n) is 6.61. The molecule has 1 atom stereocenters. The van der Waals surface area contributed by atoms with E-state index in [4.69, 9.17) is 14.2 Å². The molecule has 29 heavy (non-hydrogen) atoms. The summed E-state index contributed by atoms with van der Waals surface area (Å²) in [7, 11) is 4.78. The van der Waals surface area contributed by atoms with E-state index in [0.29, 0.717) is 17.3 Å². The number of hydrogen-bond acceptors (Lipinski definition) is 5. The largest absolute Gasteiger partial charge is 0.496 e. The van der Waals surface area contributed by atoms with E-state index in [1.165, 1.54) is 0 Å². The highest BCUT2D eigenvalue weighted by Gasteiger charge is 2.19. The summed E-state index contributed by atoms with van der Waals surface area (Å²) < 4.78 is 17.6. The van der Waals surface area contributed by atoms with Gasteiger partial charge in [-0.25, -0.2) is 4.68 Å². The van der Waals surface area contributed by atoms with Crippen molar-refractivity contribution in [2.45, 2.75) is 19.8 Å². The zero-order chi connectivity index (χ0) is 21.0. The number of nitrogens with one attached hydrogen (secondary N) is 1. The number of carbonyl (C=O) groups is 1. The molecule has 1 N–H and O–H groups in total. The topological polar surface area (TPSA) is 74.6 Å². The molecule has 152 valence electrons. The molecule has 0 radical (unpaired) electrons. The van der Waals surface area contributed by atoms with Crippen LogP contribution in [0.15, 0.2) is 48.7 Å². The predicted molar refractivity (Wildman–Crippen MR) is 111 cm³/mol. The maximum absolute atomic E-state index is 12.9. The summed E-state index contributed by atoms with van der Waals surface area (Å²) in [5, 5.41) is 7.28. The summed E-state index contributed by atoms with van der Waals surface area (Å²) in [6, 6.07) is 13.0. The third-order valence-corrected chi connectivity index (χ3v) is 4.83. The van der Waals surface area contributed by atoms with E-state index in [2.05, 4.69) is 10.4 Å². The molecule has 1 aromatic heterocycles. The van der Waals surface area contributed by atoms with Crippen LogP contribution in [-0.2, 0) is 4.79 Å². The number of hydrogen-bond donors (Lipinski definition) is 1. The molecule has 0 saturated heterocycles. The van der Waals surface area contributed by atoms with E-state index in [-0.39, 0.29) is 11.8 Å². The second-order valence-corrected chi connectivity index (χ2v) is 6.61. The Bertz CT molecular complexity index is 1010. The van der Waals surface area contributed by atoms with Crippen LogP contribution in [0.1, 0.15) is 24.0 Å². The summed E-state index contributed by atoms with van der Waals surface area (Å²) in [6.45, 7) is 3.82. The van der Waals surface area contributed by atoms with E-state index in [0.717, 1.165) is 22.6 Å². The van der Waals surface area contributed by atoms with Crippen molar-refractivity contribution < 1.29 is 19.0 Å². The molecule has 7 nitrogen and oxygen atoms in total. The maximum Gasteiger partial charge on any atom is 0.232 e. The Labute approximate surface area is 170 Å². The number of benzene rings is 2. The van der Waals surface area contributed by atoms with E-state index in [9.17, 15) is 4.79 Å².